The average molecular weight is 297 g/mol. The van der Waals surface area contributed by atoms with Crippen molar-refractivity contribution in [3.63, 3.8) is 0 Å². The Morgan fingerprint density at radius 3 is 2.85 bits per heavy atom. The normalized spacial score (nSPS) is 10.6. The van der Waals surface area contributed by atoms with E-state index in [9.17, 15) is 9.18 Å². The van der Waals surface area contributed by atoms with E-state index in [1.54, 1.807) is 0 Å². The number of nitrogens with zero attached hydrogens (tertiary/aromatic N) is 2. The highest BCUT2D eigenvalue weighted by molar-refractivity contribution is 6.31. The summed E-state index contributed by atoms with van der Waals surface area (Å²) in [5, 5.41) is 7.27. The van der Waals surface area contributed by atoms with Gasteiger partial charge in [0, 0.05) is 24.2 Å². The molecule has 0 unspecified atom stereocenters. The molecule has 1 heterocycles. The number of rotatable bonds is 5. The molecule has 0 saturated heterocycles. The predicted octanol–water partition coefficient (Wildman–Crippen LogP) is 1.45. The standard InChI is InChI=1S/C13H14ClFN4O/c14-12-5-10(15)2-1-9(12)8-19-13(20)6-11(7-18-19)17-4-3-16/h1-2,5-7,17H,3-4,8,16H2. The molecule has 0 aliphatic carbocycles. The number of anilines is 1. The van der Waals surface area contributed by atoms with Crippen LogP contribution in [0.4, 0.5) is 10.1 Å². The molecule has 7 heteroatoms. The molecular weight excluding hydrogens is 283 g/mol. The zero-order valence-corrected chi connectivity index (χ0v) is 11.4. The van der Waals surface area contributed by atoms with Crippen molar-refractivity contribution in [2.75, 3.05) is 18.4 Å². The molecule has 0 atom stereocenters. The second-order valence-corrected chi connectivity index (χ2v) is 4.60. The number of aromatic nitrogens is 2. The average Bonchev–Trinajstić information content (AvgIpc) is 2.42. The van der Waals surface area contributed by atoms with Crippen LogP contribution in [0.5, 0.6) is 0 Å². The number of hydrogen-bond donors (Lipinski definition) is 2. The van der Waals surface area contributed by atoms with Crippen molar-refractivity contribution in [2.45, 2.75) is 6.54 Å². The van der Waals surface area contributed by atoms with Gasteiger partial charge in [0.15, 0.2) is 0 Å². The van der Waals surface area contributed by atoms with Gasteiger partial charge in [-0.2, -0.15) is 5.10 Å². The zero-order valence-electron chi connectivity index (χ0n) is 10.6. The molecule has 2 aromatic rings. The fourth-order valence-electron chi connectivity index (χ4n) is 1.68. The van der Waals surface area contributed by atoms with Gasteiger partial charge in [-0.25, -0.2) is 9.07 Å². The topological polar surface area (TPSA) is 72.9 Å². The van der Waals surface area contributed by atoms with E-state index < -0.39 is 5.82 Å². The summed E-state index contributed by atoms with van der Waals surface area (Å²) in [6.45, 7) is 1.22. The summed E-state index contributed by atoms with van der Waals surface area (Å²) in [6, 6.07) is 5.47. The van der Waals surface area contributed by atoms with E-state index in [0.717, 1.165) is 0 Å². The monoisotopic (exact) mass is 296 g/mol. The lowest BCUT2D eigenvalue weighted by Crippen LogP contribution is -2.24. The molecule has 20 heavy (non-hydrogen) atoms. The molecule has 5 nitrogen and oxygen atoms in total. The smallest absolute Gasteiger partial charge is 0.269 e. The molecular formula is C13H14ClFN4O. The van der Waals surface area contributed by atoms with Crippen molar-refractivity contribution in [3.05, 3.63) is 57.2 Å². The van der Waals surface area contributed by atoms with E-state index in [2.05, 4.69) is 10.4 Å². The fraction of sp³-hybridized carbons (Fsp3) is 0.231. The Kier molecular flexibility index (Phi) is 4.70. The number of benzene rings is 1. The van der Waals surface area contributed by atoms with Crippen molar-refractivity contribution < 1.29 is 4.39 Å². The molecule has 0 aliphatic rings. The molecule has 0 saturated carbocycles. The van der Waals surface area contributed by atoms with Gasteiger partial charge in [0.05, 0.1) is 18.4 Å². The molecule has 3 N–H and O–H groups in total. The third kappa shape index (κ3) is 3.55. The van der Waals surface area contributed by atoms with Crippen molar-refractivity contribution in [1.82, 2.24) is 9.78 Å². The van der Waals surface area contributed by atoms with Crippen LogP contribution in [0.2, 0.25) is 5.02 Å². The maximum absolute atomic E-state index is 12.9. The van der Waals surface area contributed by atoms with Crippen molar-refractivity contribution in [2.24, 2.45) is 5.73 Å². The van der Waals surface area contributed by atoms with Crippen molar-refractivity contribution in [3.8, 4) is 0 Å². The fourth-order valence-corrected chi connectivity index (χ4v) is 1.90. The lowest BCUT2D eigenvalue weighted by atomic mass is 10.2. The number of nitrogens with two attached hydrogens (primary N) is 1. The minimum atomic E-state index is -0.416. The van der Waals surface area contributed by atoms with Crippen LogP contribution < -0.4 is 16.6 Å². The van der Waals surface area contributed by atoms with Crippen LogP contribution >= 0.6 is 11.6 Å². The molecule has 0 fully saturated rings. The first-order valence-corrected chi connectivity index (χ1v) is 6.43. The maximum Gasteiger partial charge on any atom is 0.269 e. The van der Waals surface area contributed by atoms with Gasteiger partial charge in [0.25, 0.3) is 5.56 Å². The van der Waals surface area contributed by atoms with E-state index in [1.807, 2.05) is 0 Å². The molecule has 1 aromatic carbocycles. The van der Waals surface area contributed by atoms with Crippen LogP contribution in [0.15, 0.2) is 35.3 Å². The largest absolute Gasteiger partial charge is 0.382 e. The SMILES string of the molecule is NCCNc1cnn(Cc2ccc(F)cc2Cl)c(=O)c1. The van der Waals surface area contributed by atoms with Gasteiger partial charge in [-0.05, 0) is 17.7 Å². The van der Waals surface area contributed by atoms with Crippen LogP contribution in [0.3, 0.4) is 0 Å². The zero-order chi connectivity index (χ0) is 14.5. The first-order valence-electron chi connectivity index (χ1n) is 6.05. The number of halogens is 2. The van der Waals surface area contributed by atoms with Crippen LogP contribution in [-0.2, 0) is 6.54 Å². The van der Waals surface area contributed by atoms with E-state index in [1.165, 1.54) is 35.1 Å². The quantitative estimate of drug-likeness (QED) is 0.876. The third-order valence-electron chi connectivity index (χ3n) is 2.68. The van der Waals surface area contributed by atoms with Gasteiger partial charge in [0.2, 0.25) is 0 Å². The Morgan fingerprint density at radius 2 is 2.20 bits per heavy atom. The van der Waals surface area contributed by atoms with Crippen LogP contribution in [0.1, 0.15) is 5.56 Å². The minimum absolute atomic E-state index is 0.190. The van der Waals surface area contributed by atoms with Gasteiger partial charge in [-0.3, -0.25) is 4.79 Å². The minimum Gasteiger partial charge on any atom is -0.382 e. The van der Waals surface area contributed by atoms with Crippen molar-refractivity contribution in [1.29, 1.82) is 0 Å². The second-order valence-electron chi connectivity index (χ2n) is 4.19. The highest BCUT2D eigenvalue weighted by Gasteiger charge is 2.06. The first-order chi connectivity index (χ1) is 9.60. The molecule has 2 rings (SSSR count). The van der Waals surface area contributed by atoms with Gasteiger partial charge in [-0.1, -0.05) is 17.7 Å². The van der Waals surface area contributed by atoms with Crippen molar-refractivity contribution >= 4 is 17.3 Å². The molecule has 0 amide bonds. The molecule has 0 aliphatic heterocycles. The summed E-state index contributed by atoms with van der Waals surface area (Å²) in [5.74, 6) is -0.416. The predicted molar refractivity (Wildman–Crippen MR) is 76.6 cm³/mol. The Labute approximate surface area is 120 Å². The maximum atomic E-state index is 12.9. The summed E-state index contributed by atoms with van der Waals surface area (Å²) < 4.78 is 14.2. The Bertz CT molecular complexity index is 659. The highest BCUT2D eigenvalue weighted by Crippen LogP contribution is 2.17. The molecule has 0 radical (unpaired) electrons. The Morgan fingerprint density at radius 1 is 1.40 bits per heavy atom. The lowest BCUT2D eigenvalue weighted by Gasteiger charge is -2.08. The van der Waals surface area contributed by atoms with Gasteiger partial charge in [0.1, 0.15) is 5.82 Å². The summed E-state index contributed by atoms with van der Waals surface area (Å²) >= 11 is 5.92. The summed E-state index contributed by atoms with van der Waals surface area (Å²) in [5.41, 5.74) is 6.34. The highest BCUT2D eigenvalue weighted by atomic mass is 35.5. The van der Waals surface area contributed by atoms with Gasteiger partial charge >= 0.3 is 0 Å². The second kappa shape index (κ2) is 6.49. The summed E-state index contributed by atoms with van der Waals surface area (Å²) in [7, 11) is 0. The van der Waals surface area contributed by atoms with Gasteiger partial charge in [-0.15, -0.1) is 0 Å². The number of hydrogen-bond acceptors (Lipinski definition) is 4. The van der Waals surface area contributed by atoms with Gasteiger partial charge < -0.3 is 11.1 Å². The van der Waals surface area contributed by atoms with Crippen LogP contribution in [0, 0.1) is 5.82 Å². The molecule has 1 aromatic heterocycles. The Hall–Kier alpha value is -1.92. The summed E-state index contributed by atoms with van der Waals surface area (Å²) in [6.07, 6.45) is 1.54. The van der Waals surface area contributed by atoms with Crippen LogP contribution in [0.25, 0.3) is 0 Å². The summed E-state index contributed by atoms with van der Waals surface area (Å²) in [4.78, 5) is 11.9. The third-order valence-corrected chi connectivity index (χ3v) is 3.03. The number of nitrogens with one attached hydrogen (secondary N) is 1. The first kappa shape index (κ1) is 14.5. The Balaban J connectivity index is 2.19. The molecule has 0 bridgehead atoms. The van der Waals surface area contributed by atoms with E-state index in [0.29, 0.717) is 24.3 Å². The molecule has 0 spiro atoms. The van der Waals surface area contributed by atoms with E-state index in [4.69, 9.17) is 17.3 Å². The van der Waals surface area contributed by atoms with E-state index >= 15 is 0 Å². The van der Waals surface area contributed by atoms with E-state index in [-0.39, 0.29) is 17.1 Å². The molecule has 106 valence electrons. The lowest BCUT2D eigenvalue weighted by molar-refractivity contribution is 0.619. The van der Waals surface area contributed by atoms with Crippen LogP contribution in [-0.4, -0.2) is 22.9 Å².